The van der Waals surface area contributed by atoms with Crippen LogP contribution in [0.15, 0.2) is 18.3 Å². The number of halogens is 6. The molecule has 0 saturated carbocycles. The molecule has 1 aromatic heterocycles. The van der Waals surface area contributed by atoms with E-state index < -0.39 is 29.7 Å². The lowest BCUT2D eigenvalue weighted by Gasteiger charge is -2.18. The van der Waals surface area contributed by atoms with E-state index in [0.717, 1.165) is 12.3 Å². The van der Waals surface area contributed by atoms with Crippen LogP contribution in [0.1, 0.15) is 17.4 Å². The van der Waals surface area contributed by atoms with Gasteiger partial charge in [0.1, 0.15) is 0 Å². The molecule has 0 amide bonds. The molecule has 0 bridgehead atoms. The highest BCUT2D eigenvalue weighted by atomic mass is 19.4. The van der Waals surface area contributed by atoms with Crippen molar-refractivity contribution in [2.45, 2.75) is 18.5 Å². The molecule has 1 atom stereocenters. The van der Waals surface area contributed by atoms with Gasteiger partial charge in [-0.3, -0.25) is 4.98 Å². The summed E-state index contributed by atoms with van der Waals surface area (Å²) in [5, 5.41) is 8.71. The maximum atomic E-state index is 12.3. The lowest BCUT2D eigenvalue weighted by molar-refractivity contribution is -0.210. The van der Waals surface area contributed by atoms with E-state index >= 15 is 0 Å². The summed E-state index contributed by atoms with van der Waals surface area (Å²) < 4.78 is 73.0. The number of pyridine rings is 1. The maximum Gasteiger partial charge on any atom is 0.420 e. The second-order valence-corrected chi connectivity index (χ2v) is 2.88. The molecule has 0 aromatic carbocycles. The van der Waals surface area contributed by atoms with Gasteiger partial charge in [-0.05, 0) is 12.1 Å². The van der Waals surface area contributed by atoms with Crippen molar-refractivity contribution >= 4 is 0 Å². The number of aromatic nitrogens is 1. The van der Waals surface area contributed by atoms with Crippen molar-refractivity contribution < 1.29 is 31.4 Å². The second kappa shape index (κ2) is 3.93. The Hall–Kier alpha value is -1.31. The first-order valence-corrected chi connectivity index (χ1v) is 3.91. The summed E-state index contributed by atoms with van der Waals surface area (Å²) in [4.78, 5) is 2.92. The van der Waals surface area contributed by atoms with E-state index in [-0.39, 0.29) is 0 Å². The van der Waals surface area contributed by atoms with Crippen LogP contribution in [0.2, 0.25) is 0 Å². The SMILES string of the molecule is OC(c1ncccc1C(F)(F)F)C(F)(F)F. The van der Waals surface area contributed by atoms with Gasteiger partial charge in [0.2, 0.25) is 0 Å². The van der Waals surface area contributed by atoms with E-state index in [4.69, 9.17) is 5.11 Å². The molecule has 0 fully saturated rings. The van der Waals surface area contributed by atoms with Crippen LogP contribution >= 0.6 is 0 Å². The van der Waals surface area contributed by atoms with Gasteiger partial charge in [-0.15, -0.1) is 0 Å². The summed E-state index contributed by atoms with van der Waals surface area (Å²) >= 11 is 0. The van der Waals surface area contributed by atoms with Gasteiger partial charge < -0.3 is 5.11 Å². The van der Waals surface area contributed by atoms with Crippen LogP contribution in [-0.4, -0.2) is 16.3 Å². The van der Waals surface area contributed by atoms with Gasteiger partial charge in [0.25, 0.3) is 0 Å². The smallest absolute Gasteiger partial charge is 0.378 e. The first-order chi connectivity index (χ1) is 7.14. The quantitative estimate of drug-likeness (QED) is 0.771. The second-order valence-electron chi connectivity index (χ2n) is 2.88. The Balaban J connectivity index is 3.25. The number of alkyl halides is 6. The summed E-state index contributed by atoms with van der Waals surface area (Å²) in [7, 11) is 0. The monoisotopic (exact) mass is 245 g/mol. The number of rotatable bonds is 1. The largest absolute Gasteiger partial charge is 0.420 e. The molecular weight excluding hydrogens is 240 g/mol. The summed E-state index contributed by atoms with van der Waals surface area (Å²) in [6.07, 6.45) is -12.7. The zero-order chi connectivity index (χ0) is 12.6. The first-order valence-electron chi connectivity index (χ1n) is 3.91. The lowest BCUT2D eigenvalue weighted by Crippen LogP contribution is -2.24. The molecule has 0 aliphatic carbocycles. The molecule has 1 aromatic rings. The van der Waals surface area contributed by atoms with Crippen LogP contribution in [-0.2, 0) is 6.18 Å². The molecule has 0 aliphatic rings. The van der Waals surface area contributed by atoms with E-state index in [2.05, 4.69) is 4.98 Å². The normalized spacial score (nSPS) is 14.9. The molecule has 1 rings (SSSR count). The highest BCUT2D eigenvalue weighted by molar-refractivity contribution is 5.25. The highest BCUT2D eigenvalue weighted by Crippen LogP contribution is 2.38. The van der Waals surface area contributed by atoms with Crippen molar-refractivity contribution in [3.05, 3.63) is 29.6 Å². The van der Waals surface area contributed by atoms with Crippen LogP contribution < -0.4 is 0 Å². The molecular formula is C8H5F6NO. The van der Waals surface area contributed by atoms with E-state index in [1.165, 1.54) is 0 Å². The van der Waals surface area contributed by atoms with Crippen LogP contribution in [0.3, 0.4) is 0 Å². The van der Waals surface area contributed by atoms with Crippen molar-refractivity contribution in [1.29, 1.82) is 0 Å². The molecule has 2 nitrogen and oxygen atoms in total. The van der Waals surface area contributed by atoms with Gasteiger partial charge in [-0.2, -0.15) is 26.3 Å². The topological polar surface area (TPSA) is 33.1 Å². The number of nitrogens with zero attached hydrogens (tertiary/aromatic N) is 1. The van der Waals surface area contributed by atoms with Gasteiger partial charge in [0.15, 0.2) is 6.10 Å². The molecule has 0 aliphatic heterocycles. The fourth-order valence-electron chi connectivity index (χ4n) is 1.03. The average Bonchev–Trinajstić information content (AvgIpc) is 2.14. The number of aliphatic hydroxyl groups is 1. The molecule has 0 radical (unpaired) electrons. The Kier molecular flexibility index (Phi) is 3.13. The first kappa shape index (κ1) is 12.8. The number of hydrogen-bond donors (Lipinski definition) is 1. The van der Waals surface area contributed by atoms with E-state index in [0.29, 0.717) is 6.07 Å². The summed E-state index contributed by atoms with van der Waals surface area (Å²) in [6, 6.07) is 1.27. The van der Waals surface area contributed by atoms with E-state index in [9.17, 15) is 26.3 Å². The summed E-state index contributed by atoms with van der Waals surface area (Å²) in [6.45, 7) is 0. The molecule has 8 heteroatoms. The molecule has 1 heterocycles. The predicted molar refractivity (Wildman–Crippen MR) is 40.3 cm³/mol. The van der Waals surface area contributed by atoms with Crippen LogP contribution in [0.25, 0.3) is 0 Å². The Labute approximate surface area is 85.5 Å². The molecule has 0 spiro atoms. The third-order valence-corrected chi connectivity index (χ3v) is 1.71. The van der Waals surface area contributed by atoms with Gasteiger partial charge in [-0.1, -0.05) is 0 Å². The average molecular weight is 245 g/mol. The molecule has 90 valence electrons. The van der Waals surface area contributed by atoms with Gasteiger partial charge in [0.05, 0.1) is 11.3 Å². The van der Waals surface area contributed by atoms with Crippen LogP contribution in [0, 0.1) is 0 Å². The Bertz CT molecular complexity index is 372. The third-order valence-electron chi connectivity index (χ3n) is 1.71. The standard InChI is InChI=1S/C8H5F6NO/c9-7(10,11)4-2-1-3-15-5(4)6(16)8(12,13)14/h1-3,6,16H. The minimum atomic E-state index is -5.19. The molecule has 16 heavy (non-hydrogen) atoms. The van der Waals surface area contributed by atoms with Crippen molar-refractivity contribution in [3.63, 3.8) is 0 Å². The van der Waals surface area contributed by atoms with Crippen molar-refractivity contribution in [3.8, 4) is 0 Å². The van der Waals surface area contributed by atoms with Crippen molar-refractivity contribution in [1.82, 2.24) is 4.98 Å². The van der Waals surface area contributed by atoms with E-state index in [1.54, 1.807) is 0 Å². The van der Waals surface area contributed by atoms with Gasteiger partial charge in [0, 0.05) is 6.20 Å². The fourth-order valence-corrected chi connectivity index (χ4v) is 1.03. The van der Waals surface area contributed by atoms with Crippen LogP contribution in [0.5, 0.6) is 0 Å². The van der Waals surface area contributed by atoms with Crippen molar-refractivity contribution in [2.24, 2.45) is 0 Å². The summed E-state index contributed by atoms with van der Waals surface area (Å²) in [5.74, 6) is 0. The zero-order valence-electron chi connectivity index (χ0n) is 7.47. The Morgan fingerprint density at radius 3 is 2.12 bits per heavy atom. The predicted octanol–water partition coefficient (Wildman–Crippen LogP) is 2.70. The minimum Gasteiger partial charge on any atom is -0.378 e. The van der Waals surface area contributed by atoms with E-state index in [1.807, 2.05) is 0 Å². The van der Waals surface area contributed by atoms with Crippen LogP contribution in [0.4, 0.5) is 26.3 Å². The third kappa shape index (κ3) is 2.63. The Morgan fingerprint density at radius 2 is 1.69 bits per heavy atom. The molecule has 1 unspecified atom stereocenters. The fraction of sp³-hybridized carbons (Fsp3) is 0.375. The Morgan fingerprint density at radius 1 is 1.12 bits per heavy atom. The number of aliphatic hydroxyl groups excluding tert-OH is 1. The van der Waals surface area contributed by atoms with Crippen molar-refractivity contribution in [2.75, 3.05) is 0 Å². The number of hydrogen-bond acceptors (Lipinski definition) is 2. The maximum absolute atomic E-state index is 12.3. The van der Waals surface area contributed by atoms with Gasteiger partial charge >= 0.3 is 12.4 Å². The molecule has 0 saturated heterocycles. The molecule has 1 N–H and O–H groups in total. The minimum absolute atomic E-state index is 0.428. The summed E-state index contributed by atoms with van der Waals surface area (Å²) in [5.41, 5.74) is -3.04. The zero-order valence-corrected chi connectivity index (χ0v) is 7.47. The lowest BCUT2D eigenvalue weighted by atomic mass is 10.1. The highest BCUT2D eigenvalue weighted by Gasteiger charge is 2.45. The van der Waals surface area contributed by atoms with Gasteiger partial charge in [-0.25, -0.2) is 0 Å².